The molecule has 1 aromatic carbocycles. The first-order valence-corrected chi connectivity index (χ1v) is 5.56. The molecule has 4 heteroatoms. The Kier molecular flexibility index (Phi) is 2.97. The Labute approximate surface area is 99.5 Å². The van der Waals surface area contributed by atoms with Crippen LogP contribution in [0.25, 0.3) is 11.5 Å². The van der Waals surface area contributed by atoms with E-state index < -0.39 is 0 Å². The molecule has 0 saturated heterocycles. The first-order valence-electron chi connectivity index (χ1n) is 5.13. The number of alkyl halides is 1. The van der Waals surface area contributed by atoms with Crippen molar-refractivity contribution in [2.45, 2.75) is 26.1 Å². The molecule has 2 aromatic rings. The molecule has 0 aliphatic carbocycles. The standard InChI is InChI=1S/C12H13ClN2O/c1-7-4-5-8(2)10(6-7)12-15-14-11(16-12)9(3)13/h4-6,9H,1-3H3. The Hall–Kier alpha value is -1.35. The van der Waals surface area contributed by atoms with Gasteiger partial charge < -0.3 is 4.42 Å². The lowest BCUT2D eigenvalue weighted by atomic mass is 10.1. The van der Waals surface area contributed by atoms with Crippen molar-refractivity contribution < 1.29 is 4.42 Å². The smallest absolute Gasteiger partial charge is 0.248 e. The fourth-order valence-corrected chi connectivity index (χ4v) is 1.56. The van der Waals surface area contributed by atoms with E-state index in [1.165, 1.54) is 5.56 Å². The summed E-state index contributed by atoms with van der Waals surface area (Å²) < 4.78 is 5.51. The van der Waals surface area contributed by atoms with E-state index in [0.29, 0.717) is 11.8 Å². The van der Waals surface area contributed by atoms with Gasteiger partial charge >= 0.3 is 0 Å². The molecule has 0 spiro atoms. The van der Waals surface area contributed by atoms with Gasteiger partial charge in [0.05, 0.1) is 0 Å². The summed E-state index contributed by atoms with van der Waals surface area (Å²) in [7, 11) is 0. The van der Waals surface area contributed by atoms with Crippen molar-refractivity contribution in [3.8, 4) is 11.5 Å². The molecule has 0 bridgehead atoms. The zero-order chi connectivity index (χ0) is 11.7. The van der Waals surface area contributed by atoms with Crippen LogP contribution >= 0.6 is 11.6 Å². The van der Waals surface area contributed by atoms with Crippen LogP contribution in [0.1, 0.15) is 29.3 Å². The van der Waals surface area contributed by atoms with E-state index in [-0.39, 0.29) is 5.38 Å². The minimum absolute atomic E-state index is 0.258. The second kappa shape index (κ2) is 4.26. The van der Waals surface area contributed by atoms with Crippen LogP contribution < -0.4 is 0 Å². The lowest BCUT2D eigenvalue weighted by Crippen LogP contribution is -1.84. The third-order valence-electron chi connectivity index (χ3n) is 2.40. The summed E-state index contributed by atoms with van der Waals surface area (Å²) >= 11 is 5.88. The maximum atomic E-state index is 5.88. The van der Waals surface area contributed by atoms with Gasteiger partial charge in [-0.2, -0.15) is 0 Å². The van der Waals surface area contributed by atoms with Gasteiger partial charge in [-0.3, -0.25) is 0 Å². The fourth-order valence-electron chi connectivity index (χ4n) is 1.47. The van der Waals surface area contributed by atoms with Crippen molar-refractivity contribution in [3.63, 3.8) is 0 Å². The Balaban J connectivity index is 2.46. The molecule has 3 nitrogen and oxygen atoms in total. The van der Waals surface area contributed by atoms with Crippen molar-refractivity contribution >= 4 is 11.6 Å². The average Bonchev–Trinajstić information content (AvgIpc) is 2.70. The minimum atomic E-state index is -0.258. The van der Waals surface area contributed by atoms with Crippen molar-refractivity contribution in [2.75, 3.05) is 0 Å². The first kappa shape index (κ1) is 11.1. The molecule has 0 amide bonds. The van der Waals surface area contributed by atoms with Crippen LogP contribution in [0.2, 0.25) is 0 Å². The summed E-state index contributed by atoms with van der Waals surface area (Å²) in [5, 5.41) is 7.66. The molecule has 1 heterocycles. The molecule has 0 radical (unpaired) electrons. The Morgan fingerprint density at radius 3 is 2.62 bits per heavy atom. The SMILES string of the molecule is Cc1ccc(C)c(-c2nnc(C(C)Cl)o2)c1. The highest BCUT2D eigenvalue weighted by atomic mass is 35.5. The van der Waals surface area contributed by atoms with Gasteiger partial charge in [-0.25, -0.2) is 0 Å². The number of aryl methyl sites for hydroxylation is 2. The zero-order valence-corrected chi connectivity index (χ0v) is 10.2. The molecule has 1 aromatic heterocycles. The molecule has 0 saturated carbocycles. The lowest BCUT2D eigenvalue weighted by molar-refractivity contribution is 0.507. The molecule has 84 valence electrons. The van der Waals surface area contributed by atoms with Crippen molar-refractivity contribution in [1.82, 2.24) is 10.2 Å². The zero-order valence-electron chi connectivity index (χ0n) is 9.49. The summed E-state index contributed by atoms with van der Waals surface area (Å²) in [5.74, 6) is 0.987. The molecule has 2 rings (SSSR count). The number of halogens is 1. The van der Waals surface area contributed by atoms with Crippen LogP contribution in [0.15, 0.2) is 22.6 Å². The van der Waals surface area contributed by atoms with Crippen LogP contribution in [0.3, 0.4) is 0 Å². The summed E-state index contributed by atoms with van der Waals surface area (Å²) in [6.45, 7) is 5.86. The average molecular weight is 237 g/mol. The molecule has 16 heavy (non-hydrogen) atoms. The van der Waals surface area contributed by atoms with Gasteiger partial charge in [0.15, 0.2) is 0 Å². The van der Waals surface area contributed by atoms with Gasteiger partial charge in [0.25, 0.3) is 0 Å². The minimum Gasteiger partial charge on any atom is -0.419 e. The van der Waals surface area contributed by atoms with Gasteiger partial charge in [-0.15, -0.1) is 21.8 Å². The normalized spacial score (nSPS) is 12.8. The second-order valence-electron chi connectivity index (χ2n) is 3.88. The summed E-state index contributed by atoms with van der Waals surface area (Å²) in [6, 6.07) is 6.13. The Morgan fingerprint density at radius 1 is 1.25 bits per heavy atom. The molecule has 1 atom stereocenters. The predicted molar refractivity (Wildman–Crippen MR) is 63.5 cm³/mol. The molecule has 0 fully saturated rings. The lowest BCUT2D eigenvalue weighted by Gasteiger charge is -2.01. The van der Waals surface area contributed by atoms with Crippen LogP contribution in [-0.4, -0.2) is 10.2 Å². The molecular weight excluding hydrogens is 224 g/mol. The van der Waals surface area contributed by atoms with E-state index in [9.17, 15) is 0 Å². The third-order valence-corrected chi connectivity index (χ3v) is 2.59. The van der Waals surface area contributed by atoms with Gasteiger partial charge in [0.2, 0.25) is 11.8 Å². The predicted octanol–water partition coefficient (Wildman–Crippen LogP) is 3.65. The molecule has 0 N–H and O–H groups in total. The summed E-state index contributed by atoms with van der Waals surface area (Å²) in [4.78, 5) is 0. The van der Waals surface area contributed by atoms with E-state index in [2.05, 4.69) is 16.3 Å². The van der Waals surface area contributed by atoms with Gasteiger partial charge in [-0.1, -0.05) is 17.7 Å². The van der Waals surface area contributed by atoms with E-state index >= 15 is 0 Å². The van der Waals surface area contributed by atoms with E-state index in [4.69, 9.17) is 16.0 Å². The van der Waals surface area contributed by atoms with Gasteiger partial charge in [0, 0.05) is 5.56 Å². The largest absolute Gasteiger partial charge is 0.419 e. The number of hydrogen-bond donors (Lipinski definition) is 0. The van der Waals surface area contributed by atoms with Crippen LogP contribution in [-0.2, 0) is 0 Å². The van der Waals surface area contributed by atoms with Gasteiger partial charge in [0.1, 0.15) is 5.38 Å². The third kappa shape index (κ3) is 2.09. The number of aromatic nitrogens is 2. The Morgan fingerprint density at radius 2 is 2.00 bits per heavy atom. The van der Waals surface area contributed by atoms with Crippen LogP contribution in [0.5, 0.6) is 0 Å². The van der Waals surface area contributed by atoms with E-state index in [0.717, 1.165) is 11.1 Å². The number of hydrogen-bond acceptors (Lipinski definition) is 3. The molecule has 0 aliphatic heterocycles. The Bertz CT molecular complexity index is 505. The number of rotatable bonds is 2. The van der Waals surface area contributed by atoms with Crippen LogP contribution in [0.4, 0.5) is 0 Å². The van der Waals surface area contributed by atoms with Crippen molar-refractivity contribution in [1.29, 1.82) is 0 Å². The molecular formula is C12H13ClN2O. The molecule has 1 unspecified atom stereocenters. The van der Waals surface area contributed by atoms with E-state index in [1.807, 2.05) is 32.9 Å². The van der Waals surface area contributed by atoms with Crippen molar-refractivity contribution in [2.24, 2.45) is 0 Å². The first-order chi connectivity index (χ1) is 7.58. The molecule has 0 aliphatic rings. The quantitative estimate of drug-likeness (QED) is 0.747. The maximum absolute atomic E-state index is 5.88. The number of benzene rings is 1. The highest BCUT2D eigenvalue weighted by Gasteiger charge is 2.14. The summed E-state index contributed by atoms with van der Waals surface area (Å²) in [5.41, 5.74) is 3.25. The number of nitrogens with zero attached hydrogens (tertiary/aromatic N) is 2. The van der Waals surface area contributed by atoms with Crippen molar-refractivity contribution in [3.05, 3.63) is 35.2 Å². The van der Waals surface area contributed by atoms with Crippen LogP contribution in [0, 0.1) is 13.8 Å². The highest BCUT2D eigenvalue weighted by molar-refractivity contribution is 6.20. The topological polar surface area (TPSA) is 38.9 Å². The fraction of sp³-hybridized carbons (Fsp3) is 0.333. The van der Waals surface area contributed by atoms with E-state index in [1.54, 1.807) is 0 Å². The summed E-state index contributed by atoms with van der Waals surface area (Å²) in [6.07, 6.45) is 0. The highest BCUT2D eigenvalue weighted by Crippen LogP contribution is 2.26. The van der Waals surface area contributed by atoms with Gasteiger partial charge in [-0.05, 0) is 32.4 Å². The second-order valence-corrected chi connectivity index (χ2v) is 4.53. The monoisotopic (exact) mass is 236 g/mol. The maximum Gasteiger partial charge on any atom is 0.248 e.